The Morgan fingerprint density at radius 2 is 2.08 bits per heavy atom. The van der Waals surface area contributed by atoms with Crippen molar-refractivity contribution in [2.45, 2.75) is 6.61 Å². The first kappa shape index (κ1) is 17.7. The zero-order chi connectivity index (χ0) is 17.8. The second-order valence-electron chi connectivity index (χ2n) is 4.98. The predicted octanol–water partition coefficient (Wildman–Crippen LogP) is 5.42. The number of thiophene rings is 1. The van der Waals surface area contributed by atoms with Crippen molar-refractivity contribution < 1.29 is 13.9 Å². The van der Waals surface area contributed by atoms with Gasteiger partial charge in [-0.1, -0.05) is 35.3 Å². The number of carbonyl (C=O) groups excluding carboxylic acids is 1. The predicted molar refractivity (Wildman–Crippen MR) is 97.3 cm³/mol. The van der Waals surface area contributed by atoms with E-state index in [1.54, 1.807) is 29.6 Å². The van der Waals surface area contributed by atoms with Crippen molar-refractivity contribution in [3.05, 3.63) is 74.3 Å². The van der Waals surface area contributed by atoms with Gasteiger partial charge in [-0.25, -0.2) is 9.37 Å². The molecule has 0 bridgehead atoms. The van der Waals surface area contributed by atoms with Crippen molar-refractivity contribution in [3.8, 4) is 5.75 Å². The van der Waals surface area contributed by atoms with Crippen LogP contribution in [0.25, 0.3) is 0 Å². The van der Waals surface area contributed by atoms with Gasteiger partial charge in [-0.2, -0.15) is 0 Å². The second-order valence-corrected chi connectivity index (χ2v) is 6.73. The van der Waals surface area contributed by atoms with E-state index in [2.05, 4.69) is 10.3 Å². The fourth-order valence-electron chi connectivity index (χ4n) is 1.97. The van der Waals surface area contributed by atoms with Gasteiger partial charge in [0.05, 0.1) is 14.9 Å². The van der Waals surface area contributed by atoms with E-state index in [4.69, 9.17) is 27.9 Å². The molecule has 0 saturated carbocycles. The Labute approximate surface area is 157 Å². The number of benzene rings is 1. The maximum Gasteiger partial charge on any atom is 0.266 e. The molecular formula is C17H11Cl2FN2O2S. The molecule has 0 spiro atoms. The smallest absolute Gasteiger partial charge is 0.266 e. The van der Waals surface area contributed by atoms with Gasteiger partial charge in [0.1, 0.15) is 6.61 Å². The molecular weight excluding hydrogens is 386 g/mol. The lowest BCUT2D eigenvalue weighted by molar-refractivity contribution is 0.103. The number of ether oxygens (including phenoxy) is 1. The minimum Gasteiger partial charge on any atom is -0.486 e. The average Bonchev–Trinajstić information content (AvgIpc) is 3.06. The van der Waals surface area contributed by atoms with E-state index in [9.17, 15) is 9.18 Å². The summed E-state index contributed by atoms with van der Waals surface area (Å²) in [5.74, 6) is -0.386. The third kappa shape index (κ3) is 4.48. The van der Waals surface area contributed by atoms with Gasteiger partial charge in [0.2, 0.25) is 0 Å². The van der Waals surface area contributed by atoms with E-state index in [0.717, 1.165) is 5.56 Å². The molecule has 0 saturated heterocycles. The number of nitrogens with one attached hydrogen (secondary N) is 1. The van der Waals surface area contributed by atoms with Crippen molar-refractivity contribution in [2.24, 2.45) is 0 Å². The fraction of sp³-hybridized carbons (Fsp3) is 0.0588. The summed E-state index contributed by atoms with van der Waals surface area (Å²) in [7, 11) is 0. The molecule has 3 rings (SSSR count). The molecule has 8 heteroatoms. The van der Waals surface area contributed by atoms with E-state index in [0.29, 0.717) is 9.90 Å². The maximum atomic E-state index is 13.5. The van der Waals surface area contributed by atoms with E-state index in [1.807, 2.05) is 0 Å². The van der Waals surface area contributed by atoms with Crippen LogP contribution in [-0.2, 0) is 6.61 Å². The first-order chi connectivity index (χ1) is 12.0. The summed E-state index contributed by atoms with van der Waals surface area (Å²) < 4.78 is 18.9. The van der Waals surface area contributed by atoms with Crippen molar-refractivity contribution >= 4 is 46.3 Å². The number of para-hydroxylation sites is 1. The summed E-state index contributed by atoms with van der Waals surface area (Å²) in [6.45, 7) is 0.157. The van der Waals surface area contributed by atoms with Crippen molar-refractivity contribution in [2.75, 3.05) is 5.32 Å². The number of hydrogen-bond donors (Lipinski definition) is 1. The molecule has 128 valence electrons. The highest BCUT2D eigenvalue weighted by molar-refractivity contribution is 7.12. The second kappa shape index (κ2) is 7.82. The van der Waals surface area contributed by atoms with Gasteiger partial charge in [-0.05, 0) is 29.6 Å². The van der Waals surface area contributed by atoms with Gasteiger partial charge in [0, 0.05) is 11.8 Å². The molecule has 0 aliphatic rings. The molecule has 2 aromatic heterocycles. The van der Waals surface area contributed by atoms with Gasteiger partial charge in [0.25, 0.3) is 5.91 Å². The molecule has 4 nitrogen and oxygen atoms in total. The molecule has 0 atom stereocenters. The lowest BCUT2D eigenvalue weighted by atomic mass is 10.3. The molecule has 0 fully saturated rings. The number of carbonyl (C=O) groups is 1. The van der Waals surface area contributed by atoms with Crippen LogP contribution in [0.4, 0.5) is 10.2 Å². The number of nitrogens with zero attached hydrogens (tertiary/aromatic N) is 1. The lowest BCUT2D eigenvalue weighted by Crippen LogP contribution is -2.11. The van der Waals surface area contributed by atoms with E-state index >= 15 is 0 Å². The zero-order valence-electron chi connectivity index (χ0n) is 12.6. The Bertz CT molecular complexity index is 917. The van der Waals surface area contributed by atoms with Crippen LogP contribution in [0, 0.1) is 5.82 Å². The first-order valence-corrected chi connectivity index (χ1v) is 8.73. The van der Waals surface area contributed by atoms with Crippen molar-refractivity contribution in [3.63, 3.8) is 0 Å². The van der Waals surface area contributed by atoms with Crippen LogP contribution >= 0.6 is 34.5 Å². The van der Waals surface area contributed by atoms with Crippen molar-refractivity contribution in [1.82, 2.24) is 4.98 Å². The normalized spacial score (nSPS) is 10.5. The molecule has 0 aliphatic carbocycles. The number of anilines is 1. The van der Waals surface area contributed by atoms with Crippen LogP contribution in [0.15, 0.2) is 48.0 Å². The number of halogens is 3. The van der Waals surface area contributed by atoms with E-state index in [1.165, 1.54) is 29.7 Å². The van der Waals surface area contributed by atoms with Gasteiger partial charge in [-0.3, -0.25) is 4.79 Å². The molecule has 1 aromatic carbocycles. The van der Waals surface area contributed by atoms with Crippen molar-refractivity contribution in [1.29, 1.82) is 0 Å². The van der Waals surface area contributed by atoms with E-state index in [-0.39, 0.29) is 29.1 Å². The van der Waals surface area contributed by atoms with Gasteiger partial charge in [0.15, 0.2) is 17.4 Å². The highest BCUT2D eigenvalue weighted by Gasteiger charge is 2.13. The Kier molecular flexibility index (Phi) is 5.53. The molecule has 0 aliphatic heterocycles. The standard InChI is InChI=1S/C17H11Cl2FN2O2S/c18-11-6-12(19)16(21-7-11)22-17(23)15-5-10(9-25-15)8-24-14-4-2-1-3-13(14)20/h1-7,9H,8H2,(H,21,22,23). The summed E-state index contributed by atoms with van der Waals surface area (Å²) >= 11 is 13.0. The quantitative estimate of drug-likeness (QED) is 0.626. The molecule has 2 heterocycles. The lowest BCUT2D eigenvalue weighted by Gasteiger charge is -2.05. The number of hydrogen-bond acceptors (Lipinski definition) is 4. The highest BCUT2D eigenvalue weighted by Crippen LogP contribution is 2.24. The SMILES string of the molecule is O=C(Nc1ncc(Cl)cc1Cl)c1cc(COc2ccccc2F)cs1. The monoisotopic (exact) mass is 396 g/mol. The fourth-order valence-corrected chi connectivity index (χ4v) is 3.19. The molecule has 0 unspecified atom stereocenters. The van der Waals surface area contributed by atoms with Gasteiger partial charge in [-0.15, -0.1) is 11.3 Å². The van der Waals surface area contributed by atoms with Crippen LogP contribution in [0.3, 0.4) is 0 Å². The van der Waals surface area contributed by atoms with E-state index < -0.39 is 5.82 Å². The minimum absolute atomic E-state index is 0.157. The van der Waals surface area contributed by atoms with Gasteiger partial charge < -0.3 is 10.1 Å². The number of pyridine rings is 1. The summed E-state index contributed by atoms with van der Waals surface area (Å²) in [5.41, 5.74) is 0.758. The number of aromatic nitrogens is 1. The molecule has 0 radical (unpaired) electrons. The Balaban J connectivity index is 1.64. The third-order valence-electron chi connectivity index (χ3n) is 3.15. The summed E-state index contributed by atoms with van der Waals surface area (Å²) in [6, 6.07) is 9.31. The van der Waals surface area contributed by atoms with Crippen LogP contribution < -0.4 is 10.1 Å². The number of rotatable bonds is 5. The van der Waals surface area contributed by atoms with Crippen LogP contribution in [-0.4, -0.2) is 10.9 Å². The van der Waals surface area contributed by atoms with Crippen LogP contribution in [0.1, 0.15) is 15.2 Å². The third-order valence-corrected chi connectivity index (χ3v) is 4.62. The molecule has 3 aromatic rings. The summed E-state index contributed by atoms with van der Waals surface area (Å²) in [4.78, 5) is 16.7. The minimum atomic E-state index is -0.431. The maximum absolute atomic E-state index is 13.5. The summed E-state index contributed by atoms with van der Waals surface area (Å²) in [6.07, 6.45) is 1.39. The first-order valence-electron chi connectivity index (χ1n) is 7.10. The largest absolute Gasteiger partial charge is 0.486 e. The highest BCUT2D eigenvalue weighted by atomic mass is 35.5. The Hall–Kier alpha value is -2.15. The molecule has 25 heavy (non-hydrogen) atoms. The van der Waals surface area contributed by atoms with Crippen LogP contribution in [0.5, 0.6) is 5.75 Å². The Morgan fingerprint density at radius 1 is 1.28 bits per heavy atom. The number of amides is 1. The van der Waals surface area contributed by atoms with Crippen LogP contribution in [0.2, 0.25) is 10.0 Å². The Morgan fingerprint density at radius 3 is 2.84 bits per heavy atom. The molecule has 1 N–H and O–H groups in total. The topological polar surface area (TPSA) is 51.2 Å². The summed E-state index contributed by atoms with van der Waals surface area (Å²) in [5, 5.41) is 5.02. The zero-order valence-corrected chi connectivity index (χ0v) is 15.0. The van der Waals surface area contributed by atoms with Gasteiger partial charge >= 0.3 is 0 Å². The molecule has 1 amide bonds. The average molecular weight is 397 g/mol.